The molecule has 0 aliphatic carbocycles. The number of benzene rings is 1. The standard InChI is InChI=1S/C13H19NS/c1-4-5-10-12(14)11-8(2)6-7-9(3)13(11)15-10/h6-7,10,12H,4-5,14H2,1-3H3. The van der Waals surface area contributed by atoms with Crippen LogP contribution in [-0.2, 0) is 0 Å². The maximum atomic E-state index is 6.33. The van der Waals surface area contributed by atoms with E-state index < -0.39 is 0 Å². The van der Waals surface area contributed by atoms with Crippen molar-refractivity contribution in [3.8, 4) is 0 Å². The zero-order valence-corrected chi connectivity index (χ0v) is 10.5. The maximum absolute atomic E-state index is 6.33. The minimum Gasteiger partial charge on any atom is -0.323 e. The van der Waals surface area contributed by atoms with E-state index in [1.54, 1.807) is 0 Å². The Labute approximate surface area is 96.4 Å². The molecule has 0 aromatic heterocycles. The SMILES string of the molecule is CCCC1Sc2c(C)ccc(C)c2C1N. The summed E-state index contributed by atoms with van der Waals surface area (Å²) in [6.45, 7) is 6.59. The van der Waals surface area contributed by atoms with Crippen molar-refractivity contribution < 1.29 is 0 Å². The molecule has 1 heterocycles. The van der Waals surface area contributed by atoms with Crippen LogP contribution in [0.5, 0.6) is 0 Å². The lowest BCUT2D eigenvalue weighted by Gasteiger charge is -2.14. The topological polar surface area (TPSA) is 26.0 Å². The normalized spacial score (nSPS) is 24.3. The van der Waals surface area contributed by atoms with Gasteiger partial charge in [0.1, 0.15) is 0 Å². The number of nitrogens with two attached hydrogens (primary N) is 1. The van der Waals surface area contributed by atoms with E-state index in [2.05, 4.69) is 32.9 Å². The van der Waals surface area contributed by atoms with Crippen LogP contribution in [0.3, 0.4) is 0 Å². The summed E-state index contributed by atoms with van der Waals surface area (Å²) in [5, 5.41) is 0.588. The first kappa shape index (κ1) is 11.0. The molecular formula is C13H19NS. The molecule has 2 atom stereocenters. The van der Waals surface area contributed by atoms with Crippen LogP contribution in [0.1, 0.15) is 42.5 Å². The van der Waals surface area contributed by atoms with Crippen molar-refractivity contribution in [2.24, 2.45) is 5.73 Å². The Morgan fingerprint density at radius 1 is 1.27 bits per heavy atom. The molecule has 1 aromatic rings. The van der Waals surface area contributed by atoms with Gasteiger partial charge in [-0.25, -0.2) is 0 Å². The minimum atomic E-state index is 0.241. The highest BCUT2D eigenvalue weighted by atomic mass is 32.2. The fourth-order valence-electron chi connectivity index (χ4n) is 2.31. The summed E-state index contributed by atoms with van der Waals surface area (Å²) < 4.78 is 0. The highest BCUT2D eigenvalue weighted by Gasteiger charge is 2.31. The summed E-state index contributed by atoms with van der Waals surface area (Å²) in [6.07, 6.45) is 2.44. The van der Waals surface area contributed by atoms with Gasteiger partial charge >= 0.3 is 0 Å². The molecule has 1 aliphatic rings. The van der Waals surface area contributed by atoms with Gasteiger partial charge in [0.05, 0.1) is 0 Å². The third-order valence-electron chi connectivity index (χ3n) is 3.19. The highest BCUT2D eigenvalue weighted by Crippen LogP contribution is 2.47. The Balaban J connectivity index is 2.40. The third-order valence-corrected chi connectivity index (χ3v) is 4.80. The summed E-state index contributed by atoms with van der Waals surface area (Å²) in [5.41, 5.74) is 10.5. The zero-order chi connectivity index (χ0) is 11.0. The van der Waals surface area contributed by atoms with Gasteiger partial charge in [-0.05, 0) is 37.0 Å². The second-order valence-electron chi connectivity index (χ2n) is 4.41. The predicted molar refractivity (Wildman–Crippen MR) is 67.4 cm³/mol. The van der Waals surface area contributed by atoms with Crippen LogP contribution in [0.2, 0.25) is 0 Å². The molecule has 0 bridgehead atoms. The van der Waals surface area contributed by atoms with Crippen LogP contribution in [0.15, 0.2) is 17.0 Å². The third kappa shape index (κ3) is 1.81. The molecule has 0 saturated carbocycles. The Morgan fingerprint density at radius 3 is 2.53 bits per heavy atom. The van der Waals surface area contributed by atoms with Crippen molar-refractivity contribution in [1.82, 2.24) is 0 Å². The van der Waals surface area contributed by atoms with Gasteiger partial charge in [0.25, 0.3) is 0 Å². The first-order chi connectivity index (χ1) is 7.15. The summed E-state index contributed by atoms with van der Waals surface area (Å²) in [6, 6.07) is 4.65. The molecule has 1 nitrogen and oxygen atoms in total. The Bertz CT molecular complexity index is 373. The Kier molecular flexibility index (Phi) is 3.08. The zero-order valence-electron chi connectivity index (χ0n) is 9.71. The van der Waals surface area contributed by atoms with Crippen LogP contribution in [0, 0.1) is 13.8 Å². The average Bonchev–Trinajstić information content (AvgIpc) is 2.53. The highest BCUT2D eigenvalue weighted by molar-refractivity contribution is 8.00. The van der Waals surface area contributed by atoms with E-state index in [4.69, 9.17) is 5.73 Å². The molecule has 2 rings (SSSR count). The second kappa shape index (κ2) is 4.18. The van der Waals surface area contributed by atoms with E-state index in [0.29, 0.717) is 5.25 Å². The number of hydrogen-bond donors (Lipinski definition) is 1. The molecule has 15 heavy (non-hydrogen) atoms. The number of fused-ring (bicyclic) bond motifs is 1. The Hall–Kier alpha value is -0.470. The van der Waals surface area contributed by atoms with E-state index in [9.17, 15) is 0 Å². The van der Waals surface area contributed by atoms with E-state index >= 15 is 0 Å². The molecule has 2 N–H and O–H groups in total. The summed E-state index contributed by atoms with van der Waals surface area (Å²) in [7, 11) is 0. The van der Waals surface area contributed by atoms with Gasteiger partial charge in [-0.2, -0.15) is 0 Å². The van der Waals surface area contributed by atoms with Gasteiger partial charge in [0.2, 0.25) is 0 Å². The molecule has 82 valence electrons. The lowest BCUT2D eigenvalue weighted by molar-refractivity contribution is 0.627. The average molecular weight is 221 g/mol. The first-order valence-electron chi connectivity index (χ1n) is 5.67. The quantitative estimate of drug-likeness (QED) is 0.826. The molecule has 0 saturated heterocycles. The predicted octanol–water partition coefficient (Wildman–Crippen LogP) is 3.58. The number of aryl methyl sites for hydroxylation is 2. The van der Waals surface area contributed by atoms with Gasteiger partial charge in [-0.3, -0.25) is 0 Å². The molecule has 2 heteroatoms. The van der Waals surface area contributed by atoms with E-state index in [0.717, 1.165) is 0 Å². The molecule has 1 aromatic carbocycles. The van der Waals surface area contributed by atoms with Gasteiger partial charge in [-0.1, -0.05) is 25.5 Å². The fraction of sp³-hybridized carbons (Fsp3) is 0.538. The Morgan fingerprint density at radius 2 is 1.93 bits per heavy atom. The second-order valence-corrected chi connectivity index (χ2v) is 5.66. The van der Waals surface area contributed by atoms with Gasteiger partial charge in [0, 0.05) is 16.2 Å². The van der Waals surface area contributed by atoms with Crippen molar-refractivity contribution in [2.75, 3.05) is 0 Å². The van der Waals surface area contributed by atoms with Crippen molar-refractivity contribution in [3.05, 3.63) is 28.8 Å². The summed E-state index contributed by atoms with van der Waals surface area (Å²) in [4.78, 5) is 1.45. The summed E-state index contributed by atoms with van der Waals surface area (Å²) >= 11 is 1.98. The largest absolute Gasteiger partial charge is 0.323 e. The monoisotopic (exact) mass is 221 g/mol. The lowest BCUT2D eigenvalue weighted by Crippen LogP contribution is -2.19. The molecule has 2 unspecified atom stereocenters. The molecule has 0 radical (unpaired) electrons. The van der Waals surface area contributed by atoms with Crippen molar-refractivity contribution in [3.63, 3.8) is 0 Å². The van der Waals surface area contributed by atoms with Gasteiger partial charge in [0.15, 0.2) is 0 Å². The van der Waals surface area contributed by atoms with Crippen LogP contribution in [0.4, 0.5) is 0 Å². The number of rotatable bonds is 2. The smallest absolute Gasteiger partial charge is 0.0433 e. The van der Waals surface area contributed by atoms with E-state index in [-0.39, 0.29) is 6.04 Å². The van der Waals surface area contributed by atoms with Crippen LogP contribution in [0.25, 0.3) is 0 Å². The van der Waals surface area contributed by atoms with Gasteiger partial charge in [-0.15, -0.1) is 11.8 Å². The number of thioether (sulfide) groups is 1. The van der Waals surface area contributed by atoms with Gasteiger partial charge < -0.3 is 5.73 Å². The molecule has 0 amide bonds. The van der Waals surface area contributed by atoms with Crippen LogP contribution < -0.4 is 5.73 Å². The molecule has 0 spiro atoms. The van der Waals surface area contributed by atoms with Crippen molar-refractivity contribution in [1.29, 1.82) is 0 Å². The molecular weight excluding hydrogens is 202 g/mol. The maximum Gasteiger partial charge on any atom is 0.0433 e. The van der Waals surface area contributed by atoms with E-state index in [1.807, 2.05) is 11.8 Å². The lowest BCUT2D eigenvalue weighted by atomic mass is 9.96. The minimum absolute atomic E-state index is 0.241. The van der Waals surface area contributed by atoms with Crippen molar-refractivity contribution in [2.45, 2.75) is 49.8 Å². The van der Waals surface area contributed by atoms with Crippen LogP contribution in [-0.4, -0.2) is 5.25 Å². The first-order valence-corrected chi connectivity index (χ1v) is 6.55. The number of hydrogen-bond acceptors (Lipinski definition) is 2. The molecule has 0 fully saturated rings. The summed E-state index contributed by atoms with van der Waals surface area (Å²) in [5.74, 6) is 0. The van der Waals surface area contributed by atoms with Crippen LogP contribution >= 0.6 is 11.8 Å². The van der Waals surface area contributed by atoms with Crippen molar-refractivity contribution >= 4 is 11.8 Å². The fourth-order valence-corrected chi connectivity index (χ4v) is 3.93. The molecule has 1 aliphatic heterocycles. The van der Waals surface area contributed by atoms with E-state index in [1.165, 1.54) is 34.4 Å².